The van der Waals surface area contributed by atoms with Crippen molar-refractivity contribution < 1.29 is 48.6 Å². The van der Waals surface area contributed by atoms with E-state index in [1.807, 2.05) is 0 Å². The molecule has 0 bridgehead atoms. The van der Waals surface area contributed by atoms with E-state index in [1.54, 1.807) is 0 Å². The normalized spacial score (nSPS) is 38.1. The summed E-state index contributed by atoms with van der Waals surface area (Å²) in [6.45, 7) is 10.1. The highest BCUT2D eigenvalue weighted by Crippen LogP contribution is 2.40. The highest BCUT2D eigenvalue weighted by molar-refractivity contribution is 14.1. The summed E-state index contributed by atoms with van der Waals surface area (Å²) >= 11 is 2.20. The number of ether oxygens (including phenoxy) is 5. The third-order valence-electron chi connectivity index (χ3n) is 8.89. The van der Waals surface area contributed by atoms with Crippen molar-refractivity contribution in [1.29, 1.82) is 0 Å². The van der Waals surface area contributed by atoms with Gasteiger partial charge in [-0.05, 0) is 82.6 Å². The van der Waals surface area contributed by atoms with Gasteiger partial charge in [-0.3, -0.25) is 9.59 Å². The maximum Gasteiger partial charge on any atom is 0.308 e. The van der Waals surface area contributed by atoms with Crippen molar-refractivity contribution in [3.63, 3.8) is 0 Å². The summed E-state index contributed by atoms with van der Waals surface area (Å²) in [6, 6.07) is 0. The van der Waals surface area contributed by atoms with Crippen LogP contribution in [0.1, 0.15) is 71.1 Å². The van der Waals surface area contributed by atoms with E-state index in [2.05, 4.69) is 42.7 Å². The van der Waals surface area contributed by atoms with Crippen LogP contribution in [0.25, 0.3) is 0 Å². The van der Waals surface area contributed by atoms with E-state index in [0.29, 0.717) is 44.9 Å². The molecule has 0 radical (unpaired) electrons. The van der Waals surface area contributed by atoms with Gasteiger partial charge < -0.3 is 39.0 Å². The second-order valence-corrected chi connectivity index (χ2v) is 13.4. The zero-order chi connectivity index (χ0) is 29.8. The Hall–Kier alpha value is -0.930. The second kappa shape index (κ2) is 14.7. The third kappa shape index (κ3) is 8.37. The van der Waals surface area contributed by atoms with E-state index in [9.17, 15) is 24.9 Å². The van der Waals surface area contributed by atoms with Crippen LogP contribution in [0, 0.1) is 5.92 Å². The summed E-state index contributed by atoms with van der Waals surface area (Å²) in [6.07, 6.45) is -1.88. The van der Waals surface area contributed by atoms with Gasteiger partial charge in [0.15, 0.2) is 0 Å². The molecule has 4 heterocycles. The van der Waals surface area contributed by atoms with E-state index in [-0.39, 0.29) is 55.2 Å². The quantitative estimate of drug-likeness (QED) is 0.150. The number of aliphatic hydroxyl groups is 3. The summed E-state index contributed by atoms with van der Waals surface area (Å²) in [5.41, 5.74) is 0.989. The molecular weight excluding hydrogens is 647 g/mol. The number of hydrogen-bond acceptors (Lipinski definition) is 10. The number of allylic oxidation sites excluding steroid dienone is 1. The molecule has 41 heavy (non-hydrogen) atoms. The number of carbonyl (C=O) groups excluding carboxylic acids is 2. The number of halogens is 1. The molecule has 3 N–H and O–H groups in total. The Morgan fingerprint density at radius 2 is 1.76 bits per heavy atom. The van der Waals surface area contributed by atoms with E-state index in [1.165, 1.54) is 7.11 Å². The molecule has 0 spiro atoms. The fourth-order valence-corrected chi connectivity index (χ4v) is 6.66. The lowest BCUT2D eigenvalue weighted by atomic mass is 9.87. The minimum absolute atomic E-state index is 0.00891. The lowest BCUT2D eigenvalue weighted by Gasteiger charge is -2.46. The van der Waals surface area contributed by atoms with Crippen molar-refractivity contribution in [2.24, 2.45) is 5.92 Å². The molecule has 4 fully saturated rings. The summed E-state index contributed by atoms with van der Waals surface area (Å²) < 4.78 is 29.9. The van der Waals surface area contributed by atoms with Gasteiger partial charge in [0.05, 0.1) is 50.2 Å². The Kier molecular flexibility index (Phi) is 11.8. The van der Waals surface area contributed by atoms with Gasteiger partial charge in [0, 0.05) is 12.8 Å². The number of Topliss-reactive ketones (excluding diaryl/α,β-unsaturated/α-hetero) is 1. The molecule has 232 valence electrons. The van der Waals surface area contributed by atoms with Gasteiger partial charge in [0.25, 0.3) is 0 Å². The highest BCUT2D eigenvalue weighted by atomic mass is 127. The van der Waals surface area contributed by atoms with Crippen LogP contribution in [0.3, 0.4) is 0 Å². The fraction of sp³-hybridized carbons (Fsp3) is 0.800. The van der Waals surface area contributed by atoms with Crippen molar-refractivity contribution >= 4 is 34.3 Å². The van der Waals surface area contributed by atoms with Crippen LogP contribution in [0.4, 0.5) is 0 Å². The first-order chi connectivity index (χ1) is 19.5. The molecule has 4 saturated heterocycles. The van der Waals surface area contributed by atoms with Gasteiger partial charge >= 0.3 is 5.97 Å². The smallest absolute Gasteiger partial charge is 0.308 e. The average molecular weight is 693 g/mol. The number of carbonyl (C=O) groups is 2. The van der Waals surface area contributed by atoms with Crippen molar-refractivity contribution in [3.05, 3.63) is 22.3 Å². The molecule has 0 aliphatic carbocycles. The Labute approximate surface area is 255 Å². The predicted molar refractivity (Wildman–Crippen MR) is 157 cm³/mol. The lowest BCUT2D eigenvalue weighted by molar-refractivity contribution is -0.259. The fourth-order valence-electron chi connectivity index (χ4n) is 6.40. The molecule has 0 amide bonds. The van der Waals surface area contributed by atoms with E-state index >= 15 is 0 Å². The van der Waals surface area contributed by atoms with Gasteiger partial charge in [-0.2, -0.15) is 0 Å². The first-order valence-electron chi connectivity index (χ1n) is 14.7. The minimum atomic E-state index is -1.05. The van der Waals surface area contributed by atoms with Crippen LogP contribution >= 0.6 is 22.6 Å². The molecule has 4 aliphatic rings. The Balaban J connectivity index is 1.20. The molecular formula is C30H45IO10. The highest BCUT2D eigenvalue weighted by Gasteiger charge is 2.57. The Morgan fingerprint density at radius 1 is 1.02 bits per heavy atom. The zero-order valence-corrected chi connectivity index (χ0v) is 26.1. The topological polar surface area (TPSA) is 141 Å². The number of ketones is 1. The molecule has 11 heteroatoms. The van der Waals surface area contributed by atoms with Gasteiger partial charge in [-0.15, -0.1) is 0 Å². The average Bonchev–Trinajstić information content (AvgIpc) is 3.45. The molecule has 10 nitrogen and oxygen atoms in total. The molecule has 0 aromatic heterocycles. The van der Waals surface area contributed by atoms with Crippen LogP contribution in [0.5, 0.6) is 0 Å². The maximum atomic E-state index is 12.9. The standard InChI is InChI=1S/C30H45IO10/c1-15(17(3)31)11-18(32)6-9-22-16(2)12-20(38-22)7-5-19(33)13-24-26(35)29-30(41-24)27(36)28-23(40-29)10-8-21(39-28)14-25(34)37-4/h15,18,20-24,26-30,32,35-36H,2-3,5-14H2,1,4H3/t15-,18-,20+,21-,22+,23+,24-,26+,27+,28+,29+,30+/m1/s1. The van der Waals surface area contributed by atoms with E-state index < -0.39 is 48.8 Å². The van der Waals surface area contributed by atoms with E-state index in [0.717, 1.165) is 9.15 Å². The number of aliphatic hydroxyl groups excluding tert-OH is 3. The largest absolute Gasteiger partial charge is 0.469 e. The zero-order valence-electron chi connectivity index (χ0n) is 24.0. The van der Waals surface area contributed by atoms with Crippen molar-refractivity contribution in [2.45, 2.75) is 138 Å². The molecule has 12 atom stereocenters. The monoisotopic (exact) mass is 692 g/mol. The first-order valence-corrected chi connectivity index (χ1v) is 15.8. The summed E-state index contributed by atoms with van der Waals surface area (Å²) in [5, 5.41) is 32.3. The minimum Gasteiger partial charge on any atom is -0.469 e. The van der Waals surface area contributed by atoms with E-state index in [4.69, 9.17) is 23.7 Å². The van der Waals surface area contributed by atoms with Crippen LogP contribution in [-0.4, -0.2) is 101 Å². The number of fused-ring (bicyclic) bond motifs is 2. The summed E-state index contributed by atoms with van der Waals surface area (Å²) in [5.74, 6) is -0.190. The van der Waals surface area contributed by atoms with Gasteiger partial charge in [-0.25, -0.2) is 0 Å². The van der Waals surface area contributed by atoms with Crippen LogP contribution < -0.4 is 0 Å². The molecule has 0 aromatic carbocycles. The summed E-state index contributed by atoms with van der Waals surface area (Å²) in [7, 11) is 1.32. The predicted octanol–water partition coefficient (Wildman–Crippen LogP) is 2.92. The maximum absolute atomic E-state index is 12.9. The lowest BCUT2D eigenvalue weighted by Crippen LogP contribution is -2.61. The molecule has 0 unspecified atom stereocenters. The number of esters is 1. The van der Waals surface area contributed by atoms with Crippen LogP contribution in [0.15, 0.2) is 22.3 Å². The molecule has 4 aliphatic heterocycles. The number of rotatable bonds is 13. The first kappa shape index (κ1) is 33.0. The van der Waals surface area contributed by atoms with Crippen molar-refractivity contribution in [1.82, 2.24) is 0 Å². The third-order valence-corrected chi connectivity index (χ3v) is 9.95. The Bertz CT molecular complexity index is 958. The van der Waals surface area contributed by atoms with Crippen molar-refractivity contribution in [2.75, 3.05) is 7.11 Å². The Morgan fingerprint density at radius 3 is 2.46 bits per heavy atom. The van der Waals surface area contributed by atoms with Crippen LogP contribution in [-0.2, 0) is 33.3 Å². The molecule has 0 saturated carbocycles. The SMILES string of the molecule is C=C(I)[C@H](C)C[C@H](O)CC[C@@H]1O[C@@H](CCC(=O)C[C@H]2O[C@H]3[C@@H](O)[C@H]4O[C@@H](CC(=O)OC)CC[C@@H]4O[C@H]3[C@H]2O)CC1=C. The van der Waals surface area contributed by atoms with Gasteiger partial charge in [0.2, 0.25) is 0 Å². The van der Waals surface area contributed by atoms with Gasteiger partial charge in [-0.1, -0.05) is 20.1 Å². The van der Waals surface area contributed by atoms with Crippen molar-refractivity contribution in [3.8, 4) is 0 Å². The molecule has 0 aromatic rings. The van der Waals surface area contributed by atoms with Crippen LogP contribution in [0.2, 0.25) is 0 Å². The number of methoxy groups -OCH3 is 1. The second-order valence-electron chi connectivity index (χ2n) is 12.0. The number of hydrogen-bond donors (Lipinski definition) is 3. The van der Waals surface area contributed by atoms with Gasteiger partial charge in [0.1, 0.15) is 36.3 Å². The molecule has 4 rings (SSSR count). The summed E-state index contributed by atoms with van der Waals surface area (Å²) in [4.78, 5) is 24.5.